The fraction of sp³-hybridized carbons (Fsp3) is 0.316. The van der Waals surface area contributed by atoms with Gasteiger partial charge in [-0.15, -0.1) is 0 Å². The topological polar surface area (TPSA) is 98.9 Å². The van der Waals surface area contributed by atoms with E-state index in [2.05, 4.69) is 0 Å². The lowest BCUT2D eigenvalue weighted by Gasteiger charge is -2.37. The maximum absolute atomic E-state index is 13.1. The molecule has 0 spiro atoms. The molecule has 0 aromatic heterocycles. The molecule has 2 atom stereocenters. The summed E-state index contributed by atoms with van der Waals surface area (Å²) in [6.07, 6.45) is -0.424. The molecule has 7 nitrogen and oxygen atoms in total. The molecule has 1 saturated heterocycles. The summed E-state index contributed by atoms with van der Waals surface area (Å²) >= 11 is 0. The van der Waals surface area contributed by atoms with Gasteiger partial charge in [-0.3, -0.25) is 4.79 Å². The number of hydrogen-bond donors (Lipinski definition) is 1. The summed E-state index contributed by atoms with van der Waals surface area (Å²) in [5, 5.41) is 5.20. The zero-order valence-electron chi connectivity index (χ0n) is 15.2. The smallest absolute Gasteiger partial charge is 0.257 e. The van der Waals surface area contributed by atoms with E-state index >= 15 is 0 Å². The van der Waals surface area contributed by atoms with Gasteiger partial charge in [-0.05, 0) is 30.7 Å². The fourth-order valence-corrected chi connectivity index (χ4v) is 3.71. The van der Waals surface area contributed by atoms with Gasteiger partial charge in [-0.2, -0.15) is 0 Å². The third-order valence-corrected chi connectivity index (χ3v) is 5.36. The highest BCUT2D eigenvalue weighted by Gasteiger charge is 2.31. The van der Waals surface area contributed by atoms with Gasteiger partial charge in [0.15, 0.2) is 0 Å². The first-order chi connectivity index (χ1) is 12.8. The maximum atomic E-state index is 13.1. The van der Waals surface area contributed by atoms with E-state index in [1.54, 1.807) is 4.90 Å². The van der Waals surface area contributed by atoms with Crippen LogP contribution < -0.4 is 9.88 Å². The second-order valence-electron chi connectivity index (χ2n) is 6.46. The minimum Gasteiger partial charge on any atom is -0.496 e. The number of rotatable bonds is 4. The van der Waals surface area contributed by atoms with Gasteiger partial charge in [-0.1, -0.05) is 30.3 Å². The quantitative estimate of drug-likeness (QED) is 0.860. The van der Waals surface area contributed by atoms with E-state index in [4.69, 9.17) is 14.6 Å². The molecular weight excluding hydrogens is 368 g/mol. The van der Waals surface area contributed by atoms with E-state index in [0.29, 0.717) is 18.8 Å². The number of nitrogens with zero attached hydrogens (tertiary/aromatic N) is 1. The Balaban J connectivity index is 1.92. The fourth-order valence-electron chi connectivity index (χ4n) is 3.17. The highest BCUT2D eigenvalue weighted by atomic mass is 32.2. The van der Waals surface area contributed by atoms with Crippen molar-refractivity contribution < 1.29 is 22.7 Å². The van der Waals surface area contributed by atoms with Gasteiger partial charge in [0.1, 0.15) is 11.9 Å². The van der Waals surface area contributed by atoms with Crippen LogP contribution in [0.25, 0.3) is 0 Å². The monoisotopic (exact) mass is 390 g/mol. The zero-order chi connectivity index (χ0) is 19.6. The summed E-state index contributed by atoms with van der Waals surface area (Å²) in [6, 6.07) is 13.7. The first-order valence-electron chi connectivity index (χ1n) is 8.50. The van der Waals surface area contributed by atoms with Crippen molar-refractivity contribution in [3.05, 3.63) is 59.7 Å². The van der Waals surface area contributed by atoms with E-state index in [1.807, 2.05) is 37.3 Å². The molecule has 1 aliphatic rings. The van der Waals surface area contributed by atoms with Crippen LogP contribution in [0.2, 0.25) is 0 Å². The highest BCUT2D eigenvalue weighted by molar-refractivity contribution is 7.89. The molecule has 1 aliphatic heterocycles. The molecule has 0 bridgehead atoms. The van der Waals surface area contributed by atoms with Gasteiger partial charge in [0.2, 0.25) is 10.0 Å². The lowest BCUT2D eigenvalue weighted by atomic mass is 10.1. The number of methoxy groups -OCH3 is 1. The van der Waals surface area contributed by atoms with Crippen LogP contribution in [0.4, 0.5) is 0 Å². The Morgan fingerprint density at radius 2 is 1.89 bits per heavy atom. The number of carbonyl (C=O) groups is 1. The van der Waals surface area contributed by atoms with Crippen LogP contribution in [-0.4, -0.2) is 45.5 Å². The van der Waals surface area contributed by atoms with Crippen LogP contribution in [0.3, 0.4) is 0 Å². The highest BCUT2D eigenvalue weighted by Crippen LogP contribution is 2.29. The summed E-state index contributed by atoms with van der Waals surface area (Å²) in [5.41, 5.74) is 1.14. The molecule has 1 heterocycles. The third kappa shape index (κ3) is 4.29. The van der Waals surface area contributed by atoms with Crippen LogP contribution in [0.1, 0.15) is 28.9 Å². The van der Waals surface area contributed by atoms with Crippen molar-refractivity contribution in [2.75, 3.05) is 20.2 Å². The van der Waals surface area contributed by atoms with Gasteiger partial charge in [0.05, 0.1) is 30.2 Å². The van der Waals surface area contributed by atoms with E-state index in [9.17, 15) is 13.2 Å². The van der Waals surface area contributed by atoms with Gasteiger partial charge >= 0.3 is 0 Å². The summed E-state index contributed by atoms with van der Waals surface area (Å²) in [6.45, 7) is 2.65. The molecule has 1 amide bonds. The minimum atomic E-state index is -3.93. The number of sulfonamides is 1. The Kier molecular flexibility index (Phi) is 5.50. The maximum Gasteiger partial charge on any atom is 0.257 e. The molecule has 0 saturated carbocycles. The second kappa shape index (κ2) is 7.67. The molecule has 2 aromatic rings. The molecule has 2 unspecified atom stereocenters. The molecule has 144 valence electrons. The summed E-state index contributed by atoms with van der Waals surface area (Å²) in [4.78, 5) is 14.7. The number of nitrogens with two attached hydrogens (primary N) is 1. The molecule has 8 heteroatoms. The standard InChI is InChI=1S/C19H22N2O5S/c1-13-11-21(12-18(26-13)14-6-4-3-5-7-14)19(22)16-10-15(27(20,23)24)8-9-17(16)25-2/h3-10,13,18H,11-12H2,1-2H3,(H2,20,23,24). The normalized spacial score (nSPS) is 20.3. The second-order valence-corrected chi connectivity index (χ2v) is 8.02. The van der Waals surface area contributed by atoms with Crippen molar-refractivity contribution in [2.24, 2.45) is 5.14 Å². The number of benzene rings is 2. The summed E-state index contributed by atoms with van der Waals surface area (Å²) in [7, 11) is -2.50. The Morgan fingerprint density at radius 1 is 1.19 bits per heavy atom. The number of carbonyl (C=O) groups excluding carboxylic acids is 1. The van der Waals surface area contributed by atoms with Crippen LogP contribution in [0.5, 0.6) is 5.75 Å². The molecule has 1 fully saturated rings. The first kappa shape index (κ1) is 19.3. The zero-order valence-corrected chi connectivity index (χ0v) is 16.0. The molecule has 2 aromatic carbocycles. The van der Waals surface area contributed by atoms with Crippen molar-refractivity contribution in [2.45, 2.75) is 24.0 Å². The van der Waals surface area contributed by atoms with Crippen LogP contribution in [0, 0.1) is 0 Å². The SMILES string of the molecule is COc1ccc(S(N)(=O)=O)cc1C(=O)N1CC(C)OC(c2ccccc2)C1. The van der Waals surface area contributed by atoms with Gasteiger partial charge in [-0.25, -0.2) is 13.6 Å². The average molecular weight is 390 g/mol. The molecule has 0 aliphatic carbocycles. The number of primary sulfonamides is 1. The molecule has 0 radical (unpaired) electrons. The number of morpholine rings is 1. The van der Waals surface area contributed by atoms with Gasteiger partial charge in [0, 0.05) is 6.54 Å². The third-order valence-electron chi connectivity index (χ3n) is 4.45. The average Bonchev–Trinajstić information content (AvgIpc) is 2.66. The van der Waals surface area contributed by atoms with E-state index < -0.39 is 10.0 Å². The van der Waals surface area contributed by atoms with Gasteiger partial charge in [0.25, 0.3) is 5.91 Å². The number of hydrogen-bond acceptors (Lipinski definition) is 5. The lowest BCUT2D eigenvalue weighted by Crippen LogP contribution is -2.46. The van der Waals surface area contributed by atoms with E-state index in [0.717, 1.165) is 5.56 Å². The predicted molar refractivity (Wildman–Crippen MR) is 100 cm³/mol. The van der Waals surface area contributed by atoms with Crippen molar-refractivity contribution in [1.82, 2.24) is 4.90 Å². The van der Waals surface area contributed by atoms with Crippen molar-refractivity contribution in [1.29, 1.82) is 0 Å². The Bertz CT molecular complexity index is 930. The summed E-state index contributed by atoms with van der Waals surface area (Å²) in [5.74, 6) is -0.0313. The van der Waals surface area contributed by atoms with Crippen molar-refractivity contribution in [3.8, 4) is 5.75 Å². The lowest BCUT2D eigenvalue weighted by molar-refractivity contribution is -0.0692. The van der Waals surface area contributed by atoms with Crippen molar-refractivity contribution >= 4 is 15.9 Å². The van der Waals surface area contributed by atoms with Crippen LogP contribution in [0.15, 0.2) is 53.4 Å². The predicted octanol–water partition coefficient (Wildman–Crippen LogP) is 1.94. The van der Waals surface area contributed by atoms with E-state index in [-0.39, 0.29) is 28.6 Å². The molecule has 3 rings (SSSR count). The first-order valence-corrected chi connectivity index (χ1v) is 10.0. The van der Waals surface area contributed by atoms with Crippen molar-refractivity contribution in [3.63, 3.8) is 0 Å². The molecule has 2 N–H and O–H groups in total. The van der Waals surface area contributed by atoms with Gasteiger partial charge < -0.3 is 14.4 Å². The van der Waals surface area contributed by atoms with E-state index in [1.165, 1.54) is 25.3 Å². The number of amides is 1. The largest absolute Gasteiger partial charge is 0.496 e. The Labute approximate surface area is 158 Å². The molecular formula is C19H22N2O5S. The Morgan fingerprint density at radius 3 is 2.52 bits per heavy atom. The molecule has 27 heavy (non-hydrogen) atoms. The van der Waals surface area contributed by atoms with Crippen LogP contribution in [-0.2, 0) is 14.8 Å². The summed E-state index contributed by atoms with van der Waals surface area (Å²) < 4.78 is 34.6. The minimum absolute atomic E-state index is 0.132. The van der Waals surface area contributed by atoms with Crippen LogP contribution >= 0.6 is 0 Å². The number of ether oxygens (including phenoxy) is 2. The Hall–Kier alpha value is -2.42.